The first-order valence-corrected chi connectivity index (χ1v) is 20.8. The van der Waals surface area contributed by atoms with Crippen LogP contribution in [0.25, 0.3) is 0 Å². The molecule has 0 aliphatic carbocycles. The third kappa shape index (κ3) is 17.0. The molecule has 0 fully saturated rings. The Labute approximate surface area is 348 Å². The molecular formula is C41H42O15Si3. The van der Waals surface area contributed by atoms with Crippen LogP contribution in [0.5, 0.6) is 0 Å². The van der Waals surface area contributed by atoms with Crippen molar-refractivity contribution in [2.45, 2.75) is 48.5 Å². The maximum Gasteiger partial charge on any atom is 0.549 e. The van der Waals surface area contributed by atoms with E-state index in [9.17, 15) is 28.8 Å². The van der Waals surface area contributed by atoms with E-state index in [4.69, 9.17) is 14.2 Å². The number of hydrogen-bond acceptors (Lipinski definition) is 15. The first-order chi connectivity index (χ1) is 28.1. The van der Waals surface area contributed by atoms with Gasteiger partial charge in [-0.1, -0.05) is 85.8 Å². The molecule has 0 saturated heterocycles. The Morgan fingerprint density at radius 2 is 0.678 bits per heavy atom. The van der Waals surface area contributed by atoms with Crippen molar-refractivity contribution in [1.82, 2.24) is 0 Å². The van der Waals surface area contributed by atoms with E-state index in [1.165, 1.54) is 43.3 Å². The number of ether oxygens (including phenoxy) is 3. The SMILES string of the molecule is C/C=C(\C)[Si]c1ccc(C(=O)OOC(=O)OCC(C)(COC(=O)OOC(=O)c2ccc([Si]/C(C)=C/C)cc2)COC(=O)OOC(=O)c2ccc([Si]/C(C)=C/C)cc2)cc1. The van der Waals surface area contributed by atoms with Crippen molar-refractivity contribution in [2.75, 3.05) is 19.8 Å². The van der Waals surface area contributed by atoms with Crippen LogP contribution in [0.15, 0.2) is 107 Å². The fraction of sp³-hybridized carbons (Fsp3) is 0.268. The molecule has 0 aliphatic heterocycles. The minimum Gasteiger partial charge on any atom is -0.431 e. The highest BCUT2D eigenvalue weighted by atomic mass is 28.2. The Morgan fingerprint density at radius 1 is 0.441 bits per heavy atom. The van der Waals surface area contributed by atoms with E-state index >= 15 is 0 Å². The van der Waals surface area contributed by atoms with Crippen molar-refractivity contribution in [2.24, 2.45) is 5.41 Å². The fourth-order valence-electron chi connectivity index (χ4n) is 4.23. The van der Waals surface area contributed by atoms with E-state index in [2.05, 4.69) is 29.3 Å². The molecule has 3 aromatic rings. The first kappa shape index (κ1) is 47.1. The molecule has 3 rings (SSSR count). The number of hydrogen-bond donors (Lipinski definition) is 0. The normalized spacial score (nSPS) is 11.7. The van der Waals surface area contributed by atoms with Crippen LogP contribution in [0.2, 0.25) is 0 Å². The minimum atomic E-state index is -1.57. The van der Waals surface area contributed by atoms with E-state index in [0.29, 0.717) is 28.6 Å². The molecule has 0 heterocycles. The summed E-state index contributed by atoms with van der Waals surface area (Å²) in [4.78, 5) is 102. The summed E-state index contributed by atoms with van der Waals surface area (Å²) in [6.45, 7) is 11.1. The van der Waals surface area contributed by atoms with Gasteiger partial charge in [-0.2, -0.15) is 14.4 Å². The first-order valence-electron chi connectivity index (χ1n) is 17.8. The van der Waals surface area contributed by atoms with Crippen LogP contribution in [0.3, 0.4) is 0 Å². The molecule has 15 nitrogen and oxygen atoms in total. The summed E-state index contributed by atoms with van der Waals surface area (Å²) < 4.78 is 15.1. The summed E-state index contributed by atoms with van der Waals surface area (Å²) >= 11 is 0. The Bertz CT molecular complexity index is 1790. The lowest BCUT2D eigenvalue weighted by molar-refractivity contribution is -0.216. The van der Waals surface area contributed by atoms with Gasteiger partial charge < -0.3 is 14.2 Å². The third-order valence-corrected chi connectivity index (χ3v) is 11.8. The molecule has 0 saturated carbocycles. The van der Waals surface area contributed by atoms with Gasteiger partial charge in [-0.15, -0.1) is 0 Å². The summed E-state index contributed by atoms with van der Waals surface area (Å²) in [6.07, 6.45) is 1.53. The highest BCUT2D eigenvalue weighted by Crippen LogP contribution is 2.20. The summed E-state index contributed by atoms with van der Waals surface area (Å²) in [6, 6.07) is 19.5. The van der Waals surface area contributed by atoms with Gasteiger partial charge >= 0.3 is 36.4 Å². The highest BCUT2D eigenvalue weighted by Gasteiger charge is 2.33. The number of allylic oxidation sites excluding steroid dienone is 6. The lowest BCUT2D eigenvalue weighted by Gasteiger charge is -2.26. The number of benzene rings is 3. The Kier molecular flexibility index (Phi) is 19.1. The van der Waals surface area contributed by atoms with Crippen molar-refractivity contribution >= 4 is 80.5 Å². The van der Waals surface area contributed by atoms with Crippen molar-refractivity contribution in [1.29, 1.82) is 0 Å². The molecule has 0 amide bonds. The zero-order valence-corrected chi connectivity index (χ0v) is 36.4. The van der Waals surface area contributed by atoms with E-state index in [0.717, 1.165) is 31.1 Å². The van der Waals surface area contributed by atoms with Gasteiger partial charge in [-0.3, -0.25) is 0 Å². The molecule has 0 unspecified atom stereocenters. The van der Waals surface area contributed by atoms with Gasteiger partial charge in [-0.25, -0.2) is 43.7 Å². The fourth-order valence-corrected chi connectivity index (χ4v) is 7.02. The van der Waals surface area contributed by atoms with Gasteiger partial charge in [0, 0.05) is 0 Å². The molecule has 308 valence electrons. The molecule has 6 radical (unpaired) electrons. The van der Waals surface area contributed by atoms with Gasteiger partial charge in [0.15, 0.2) is 0 Å². The summed E-state index contributed by atoms with van der Waals surface area (Å²) in [7, 11) is 1.25. The largest absolute Gasteiger partial charge is 0.549 e. The zero-order chi connectivity index (χ0) is 43.4. The van der Waals surface area contributed by atoms with Crippen molar-refractivity contribution < 1.29 is 72.3 Å². The average Bonchev–Trinajstić information content (AvgIpc) is 3.25. The van der Waals surface area contributed by atoms with Crippen LogP contribution < -0.4 is 15.6 Å². The standard InChI is InChI=1S/C41H42O15Si3/c1-8-26(4)57-32-17-11-29(12-18-32)35(42)51-54-38(45)48-23-41(7,24-49-39(46)55-52-36(43)30-13-19-33(20-14-30)58-27(5)9-2)25-50-40(47)56-53-37(44)31-15-21-34(22-16-31)59-28(6)10-3/h8-22H,23-25H2,1-7H3/b26-8+,27-9+,28-10+. The monoisotopic (exact) mass is 858 g/mol. The lowest BCUT2D eigenvalue weighted by Crippen LogP contribution is -2.37. The van der Waals surface area contributed by atoms with E-state index in [1.54, 1.807) is 36.4 Å². The molecule has 0 atom stereocenters. The van der Waals surface area contributed by atoms with Crippen LogP contribution in [0.1, 0.15) is 79.5 Å². The maximum atomic E-state index is 12.4. The number of rotatable bonds is 15. The molecule has 18 heteroatoms. The minimum absolute atomic E-state index is 0.100. The number of carbonyl (C=O) groups is 6. The Hall–Kier alpha value is -6.25. The van der Waals surface area contributed by atoms with Gasteiger partial charge in [0.05, 0.1) is 22.1 Å². The summed E-state index contributed by atoms with van der Waals surface area (Å²) in [5.41, 5.74) is -1.27. The van der Waals surface area contributed by atoms with Gasteiger partial charge in [0.25, 0.3) is 0 Å². The van der Waals surface area contributed by atoms with Crippen LogP contribution in [0.4, 0.5) is 14.4 Å². The molecule has 3 aromatic carbocycles. The third-order valence-electron chi connectivity index (χ3n) is 7.86. The van der Waals surface area contributed by atoms with Gasteiger partial charge in [0.2, 0.25) is 0 Å². The molecule has 0 N–H and O–H groups in total. The van der Waals surface area contributed by atoms with Gasteiger partial charge in [0.1, 0.15) is 48.4 Å². The van der Waals surface area contributed by atoms with Crippen molar-refractivity contribution in [3.05, 3.63) is 123 Å². The molecule has 0 bridgehead atoms. The summed E-state index contributed by atoms with van der Waals surface area (Å²) in [5.74, 6) is -2.95. The van der Waals surface area contributed by atoms with Crippen molar-refractivity contribution in [3.8, 4) is 0 Å². The smallest absolute Gasteiger partial charge is 0.431 e. The lowest BCUT2D eigenvalue weighted by atomic mass is 9.94. The Balaban J connectivity index is 1.57. The van der Waals surface area contributed by atoms with E-state index < -0.39 is 61.6 Å². The van der Waals surface area contributed by atoms with Crippen LogP contribution in [0, 0.1) is 5.41 Å². The second-order valence-corrected chi connectivity index (χ2v) is 17.7. The van der Waals surface area contributed by atoms with Gasteiger partial charge in [-0.05, 0) is 84.9 Å². The van der Waals surface area contributed by atoms with Crippen molar-refractivity contribution in [3.63, 3.8) is 0 Å². The van der Waals surface area contributed by atoms with Crippen LogP contribution in [-0.4, -0.2) is 84.8 Å². The summed E-state index contributed by atoms with van der Waals surface area (Å²) in [5, 5.41) is 6.42. The number of carbonyl (C=O) groups excluding carboxylic acids is 6. The Morgan fingerprint density at radius 3 is 0.898 bits per heavy atom. The van der Waals surface area contributed by atoms with E-state index in [1.807, 2.05) is 59.8 Å². The molecule has 0 spiro atoms. The topological polar surface area (TPSA) is 185 Å². The molecular weight excluding hydrogens is 817 g/mol. The van der Waals surface area contributed by atoms with Crippen LogP contribution in [-0.2, 0) is 43.5 Å². The maximum absolute atomic E-state index is 12.4. The second kappa shape index (κ2) is 23.9. The predicted octanol–water partition coefficient (Wildman–Crippen LogP) is 5.53. The highest BCUT2D eigenvalue weighted by molar-refractivity contribution is 6.61. The average molecular weight is 859 g/mol. The predicted molar refractivity (Wildman–Crippen MR) is 215 cm³/mol. The van der Waals surface area contributed by atoms with E-state index in [-0.39, 0.29) is 16.7 Å². The quantitative estimate of drug-likeness (QED) is 0.0611. The second-order valence-electron chi connectivity index (χ2n) is 12.8. The zero-order valence-electron chi connectivity index (χ0n) is 33.4. The molecule has 0 aromatic heterocycles. The molecule has 59 heavy (non-hydrogen) atoms. The molecule has 0 aliphatic rings. The van der Waals surface area contributed by atoms with Crippen LogP contribution >= 0.6 is 0 Å².